The van der Waals surface area contributed by atoms with Gasteiger partial charge in [0, 0.05) is 18.2 Å². The molecular weight excluding hydrogens is 352 g/mol. The molecule has 2 rings (SSSR count). The fraction of sp³-hybridized carbons (Fsp3) is 0.263. The Labute approximate surface area is 153 Å². The maximum Gasteiger partial charge on any atom is 0.264 e. The number of hydrogen-bond acceptors (Lipinski definition) is 4. The zero-order valence-electron chi connectivity index (χ0n) is 15.2. The fourth-order valence-corrected chi connectivity index (χ4v) is 3.26. The molecule has 0 unspecified atom stereocenters. The summed E-state index contributed by atoms with van der Waals surface area (Å²) in [7, 11) is -4.00. The lowest BCUT2D eigenvalue weighted by Gasteiger charge is -2.19. The molecule has 2 amide bonds. The van der Waals surface area contributed by atoms with E-state index in [1.54, 1.807) is 12.1 Å². The van der Waals surface area contributed by atoms with Gasteiger partial charge in [-0.05, 0) is 47.4 Å². The maximum atomic E-state index is 12.4. The van der Waals surface area contributed by atoms with E-state index in [-0.39, 0.29) is 21.8 Å². The van der Waals surface area contributed by atoms with E-state index in [1.165, 1.54) is 31.2 Å². The van der Waals surface area contributed by atoms with Gasteiger partial charge in [0.2, 0.25) is 5.91 Å². The van der Waals surface area contributed by atoms with Gasteiger partial charge in [0.1, 0.15) is 0 Å². The molecule has 26 heavy (non-hydrogen) atoms. The van der Waals surface area contributed by atoms with Crippen molar-refractivity contribution in [2.75, 3.05) is 5.32 Å². The van der Waals surface area contributed by atoms with Crippen LogP contribution in [0.5, 0.6) is 0 Å². The number of carbonyl (C=O) groups is 2. The van der Waals surface area contributed by atoms with E-state index < -0.39 is 15.9 Å². The fourth-order valence-electron chi connectivity index (χ4n) is 2.28. The molecule has 6 nitrogen and oxygen atoms in total. The van der Waals surface area contributed by atoms with Crippen LogP contribution in [0.2, 0.25) is 0 Å². The average Bonchev–Trinajstić information content (AvgIpc) is 2.53. The molecule has 0 spiro atoms. The second-order valence-corrected chi connectivity index (χ2v) is 8.65. The number of nitrogens with one attached hydrogen (secondary N) is 2. The molecule has 138 valence electrons. The second-order valence-electron chi connectivity index (χ2n) is 6.97. The number of sulfonamides is 1. The highest BCUT2D eigenvalue weighted by Crippen LogP contribution is 2.22. The normalized spacial score (nSPS) is 11.7. The smallest absolute Gasteiger partial charge is 0.264 e. The van der Waals surface area contributed by atoms with Crippen molar-refractivity contribution in [3.8, 4) is 0 Å². The van der Waals surface area contributed by atoms with Gasteiger partial charge in [-0.25, -0.2) is 13.1 Å². The summed E-state index contributed by atoms with van der Waals surface area (Å²) in [4.78, 5) is 23.2. The highest BCUT2D eigenvalue weighted by Gasteiger charge is 2.20. The van der Waals surface area contributed by atoms with Gasteiger partial charge >= 0.3 is 0 Å². The van der Waals surface area contributed by atoms with Crippen molar-refractivity contribution >= 4 is 27.5 Å². The van der Waals surface area contributed by atoms with Crippen LogP contribution < -0.4 is 10.0 Å². The summed E-state index contributed by atoms with van der Waals surface area (Å²) in [5, 5.41) is 2.55. The zero-order chi connectivity index (χ0) is 19.5. The number of hydrogen-bond donors (Lipinski definition) is 2. The first-order valence-electron chi connectivity index (χ1n) is 8.04. The summed E-state index contributed by atoms with van der Waals surface area (Å²) in [6.07, 6.45) is 0. The van der Waals surface area contributed by atoms with E-state index in [4.69, 9.17) is 0 Å². The summed E-state index contributed by atoms with van der Waals surface area (Å²) in [6.45, 7) is 7.52. The van der Waals surface area contributed by atoms with Gasteiger partial charge in [-0.2, -0.15) is 0 Å². The van der Waals surface area contributed by atoms with Gasteiger partial charge in [-0.15, -0.1) is 0 Å². The predicted octanol–water partition coefficient (Wildman–Crippen LogP) is 3.06. The first kappa shape index (κ1) is 19.7. The molecule has 0 saturated heterocycles. The summed E-state index contributed by atoms with van der Waals surface area (Å²) in [5.74, 6) is -0.955. The van der Waals surface area contributed by atoms with E-state index in [9.17, 15) is 18.0 Å². The molecule has 0 saturated carbocycles. The quantitative estimate of drug-likeness (QED) is 0.860. The van der Waals surface area contributed by atoms with Gasteiger partial charge < -0.3 is 5.32 Å². The summed E-state index contributed by atoms with van der Waals surface area (Å²) >= 11 is 0. The van der Waals surface area contributed by atoms with Crippen LogP contribution in [0.4, 0.5) is 5.69 Å². The highest BCUT2D eigenvalue weighted by atomic mass is 32.2. The Morgan fingerprint density at radius 1 is 0.885 bits per heavy atom. The first-order chi connectivity index (χ1) is 12.0. The summed E-state index contributed by atoms with van der Waals surface area (Å²) < 4.78 is 26.8. The van der Waals surface area contributed by atoms with E-state index in [2.05, 4.69) is 30.8 Å². The molecule has 2 N–H and O–H groups in total. The third-order valence-corrected chi connectivity index (χ3v) is 5.07. The topological polar surface area (TPSA) is 92.3 Å². The third-order valence-electron chi connectivity index (χ3n) is 3.73. The predicted molar refractivity (Wildman–Crippen MR) is 101 cm³/mol. The largest absolute Gasteiger partial charge is 0.326 e. The summed E-state index contributed by atoms with van der Waals surface area (Å²) in [6, 6.07) is 12.4. The standard InChI is InChI=1S/C19H22N2O4S/c1-13(22)20-16-9-11-17(12-10-16)26(24,25)21-18(23)14-5-7-15(8-6-14)19(2,3)4/h5-12H,1-4H3,(H,20,22)(H,21,23). The van der Waals surface area contributed by atoms with Crippen molar-refractivity contribution in [2.45, 2.75) is 38.0 Å². The third kappa shape index (κ3) is 4.92. The van der Waals surface area contributed by atoms with Crippen molar-refractivity contribution in [1.82, 2.24) is 4.72 Å². The minimum Gasteiger partial charge on any atom is -0.326 e. The molecule has 0 fully saturated rings. The van der Waals surface area contributed by atoms with Crippen LogP contribution in [0.15, 0.2) is 53.4 Å². The van der Waals surface area contributed by atoms with Gasteiger partial charge in [0.25, 0.3) is 15.9 Å². The lowest BCUT2D eigenvalue weighted by molar-refractivity contribution is -0.114. The molecule has 0 heterocycles. The van der Waals surface area contributed by atoms with Gasteiger partial charge in [-0.3, -0.25) is 9.59 Å². The monoisotopic (exact) mass is 374 g/mol. The first-order valence-corrected chi connectivity index (χ1v) is 9.53. The zero-order valence-corrected chi connectivity index (χ0v) is 16.0. The van der Waals surface area contributed by atoms with E-state index in [1.807, 2.05) is 12.1 Å². The molecule has 7 heteroatoms. The number of amides is 2. The van der Waals surface area contributed by atoms with Crippen molar-refractivity contribution in [3.63, 3.8) is 0 Å². The number of benzene rings is 2. The van der Waals surface area contributed by atoms with Crippen LogP contribution in [0.25, 0.3) is 0 Å². The number of rotatable bonds is 4. The van der Waals surface area contributed by atoms with Crippen LogP contribution in [0.3, 0.4) is 0 Å². The van der Waals surface area contributed by atoms with E-state index >= 15 is 0 Å². The van der Waals surface area contributed by atoms with Gasteiger partial charge in [-0.1, -0.05) is 32.9 Å². The summed E-state index contributed by atoms with van der Waals surface area (Å²) in [5.41, 5.74) is 1.72. The molecule has 0 aliphatic carbocycles. The SMILES string of the molecule is CC(=O)Nc1ccc(S(=O)(=O)NC(=O)c2ccc(C(C)(C)C)cc2)cc1. The molecule has 0 aromatic heterocycles. The van der Waals surface area contributed by atoms with Crippen molar-refractivity contribution in [1.29, 1.82) is 0 Å². The van der Waals surface area contributed by atoms with Gasteiger partial charge in [0.05, 0.1) is 4.90 Å². The molecule has 2 aromatic carbocycles. The van der Waals surface area contributed by atoms with Crippen LogP contribution >= 0.6 is 0 Å². The Bertz CT molecular complexity index is 910. The minimum absolute atomic E-state index is 0.0588. The Kier molecular flexibility index (Phi) is 5.51. The number of anilines is 1. The second kappa shape index (κ2) is 7.29. The Morgan fingerprint density at radius 3 is 1.88 bits per heavy atom. The number of carbonyl (C=O) groups excluding carboxylic acids is 2. The van der Waals surface area contributed by atoms with E-state index in [0.717, 1.165) is 5.56 Å². The Balaban J connectivity index is 2.15. The average molecular weight is 374 g/mol. The van der Waals surface area contributed by atoms with Crippen molar-refractivity contribution in [3.05, 3.63) is 59.7 Å². The van der Waals surface area contributed by atoms with Crippen molar-refractivity contribution in [2.24, 2.45) is 0 Å². The molecule has 0 radical (unpaired) electrons. The van der Waals surface area contributed by atoms with Gasteiger partial charge in [0.15, 0.2) is 0 Å². The Morgan fingerprint density at radius 2 is 1.42 bits per heavy atom. The van der Waals surface area contributed by atoms with Crippen LogP contribution in [0, 0.1) is 0 Å². The lowest BCUT2D eigenvalue weighted by atomic mass is 9.87. The molecule has 0 atom stereocenters. The Hall–Kier alpha value is -2.67. The molecule has 0 bridgehead atoms. The lowest BCUT2D eigenvalue weighted by Crippen LogP contribution is -2.30. The molecule has 0 aliphatic rings. The van der Waals surface area contributed by atoms with Crippen LogP contribution in [0.1, 0.15) is 43.6 Å². The maximum absolute atomic E-state index is 12.4. The molecular formula is C19H22N2O4S. The van der Waals surface area contributed by atoms with Crippen LogP contribution in [-0.2, 0) is 20.2 Å². The molecule has 0 aliphatic heterocycles. The highest BCUT2D eigenvalue weighted by molar-refractivity contribution is 7.90. The minimum atomic E-state index is -4.00. The molecule has 2 aromatic rings. The van der Waals surface area contributed by atoms with Crippen molar-refractivity contribution < 1.29 is 18.0 Å². The van der Waals surface area contributed by atoms with E-state index in [0.29, 0.717) is 5.69 Å². The van der Waals surface area contributed by atoms with Crippen LogP contribution in [-0.4, -0.2) is 20.2 Å².